The summed E-state index contributed by atoms with van der Waals surface area (Å²) >= 11 is 0. The van der Waals surface area contributed by atoms with E-state index in [1.165, 1.54) is 0 Å². The van der Waals surface area contributed by atoms with Gasteiger partial charge in [0, 0.05) is 0 Å². The molecule has 2 atom stereocenters. The summed E-state index contributed by atoms with van der Waals surface area (Å²) in [4.78, 5) is 25.8. The average molecular weight is 299 g/mol. The lowest BCUT2D eigenvalue weighted by molar-refractivity contribution is 0.187. The Morgan fingerprint density at radius 1 is 1.12 bits per heavy atom. The summed E-state index contributed by atoms with van der Waals surface area (Å²) < 4.78 is 25.8. The number of rotatable bonds is 6. The molecule has 0 aliphatic carbocycles. The van der Waals surface area contributed by atoms with Crippen LogP contribution in [0, 0.1) is 0 Å². The maximum absolute atomic E-state index is 11.0. The zero-order valence-corrected chi connectivity index (χ0v) is 11.5. The quantitative estimate of drug-likeness (QED) is 0.270. The van der Waals surface area contributed by atoms with E-state index in [-0.39, 0.29) is 25.1 Å². The standard InChI is InChI=1S/C5H14O7P2.3H3N/c1-2-3-4-12-14(10,11)5(6)13(7,8)9;;;/h5-6H,2-4H2,1H3,(H,10,11)(H2,7,8,9);3*1H3. The first-order valence-electron chi connectivity index (χ1n) is 3.92. The van der Waals surface area contributed by atoms with E-state index in [0.29, 0.717) is 12.8 Å². The van der Waals surface area contributed by atoms with Crippen LogP contribution >= 0.6 is 15.2 Å². The van der Waals surface area contributed by atoms with Gasteiger partial charge < -0.3 is 42.8 Å². The summed E-state index contributed by atoms with van der Waals surface area (Å²) in [6.45, 7) is 1.69. The van der Waals surface area contributed by atoms with Crippen LogP contribution in [0.2, 0.25) is 0 Å². The predicted molar refractivity (Wildman–Crippen MR) is 63.8 cm³/mol. The van der Waals surface area contributed by atoms with E-state index in [4.69, 9.17) is 19.8 Å². The number of hydrogen-bond acceptors (Lipinski definition) is 7. The van der Waals surface area contributed by atoms with E-state index in [2.05, 4.69) is 4.52 Å². The normalized spacial score (nSPS) is 15.6. The summed E-state index contributed by atoms with van der Waals surface area (Å²) in [5.41, 5.74) is -2.66. The molecule has 0 aromatic carbocycles. The molecular formula is C5H23N3O7P2. The summed E-state index contributed by atoms with van der Waals surface area (Å²) in [5.74, 6) is 0. The maximum atomic E-state index is 11.0. The van der Waals surface area contributed by atoms with E-state index in [0.717, 1.165) is 0 Å². The van der Waals surface area contributed by atoms with Gasteiger partial charge in [0.25, 0.3) is 5.59 Å². The fourth-order valence-corrected chi connectivity index (χ4v) is 2.84. The van der Waals surface area contributed by atoms with Crippen LogP contribution in [0.15, 0.2) is 0 Å². The summed E-state index contributed by atoms with van der Waals surface area (Å²) in [6, 6.07) is 0. The molecule has 0 aromatic heterocycles. The maximum Gasteiger partial charge on any atom is 0.368 e. The summed E-state index contributed by atoms with van der Waals surface area (Å²) in [7, 11) is -9.65. The second-order valence-corrected chi connectivity index (χ2v) is 6.64. The molecule has 0 saturated carbocycles. The zero-order chi connectivity index (χ0) is 11.4. The number of hydrogen-bond donors (Lipinski definition) is 7. The minimum absolute atomic E-state index is 0. The molecule has 0 amide bonds. The fourth-order valence-electron chi connectivity index (χ4n) is 0.596. The molecule has 13 N–H and O–H groups in total. The van der Waals surface area contributed by atoms with Crippen LogP contribution in [-0.2, 0) is 13.7 Å². The average Bonchev–Trinajstić information content (AvgIpc) is 2.01. The predicted octanol–water partition coefficient (Wildman–Crippen LogP) is 0.928. The van der Waals surface area contributed by atoms with Gasteiger partial charge in [-0.1, -0.05) is 13.3 Å². The monoisotopic (exact) mass is 299 g/mol. The Balaban J connectivity index is -0.000000282. The van der Waals surface area contributed by atoms with Crippen molar-refractivity contribution in [2.24, 2.45) is 0 Å². The highest BCUT2D eigenvalue weighted by molar-refractivity contribution is 7.70. The first kappa shape index (κ1) is 25.9. The molecule has 0 fully saturated rings. The number of aliphatic hydroxyl groups is 1. The molecular weight excluding hydrogens is 276 g/mol. The van der Waals surface area contributed by atoms with Crippen molar-refractivity contribution >= 4 is 15.2 Å². The van der Waals surface area contributed by atoms with Gasteiger partial charge in [-0.05, 0) is 6.42 Å². The highest BCUT2D eigenvalue weighted by Gasteiger charge is 2.43. The Morgan fingerprint density at radius 2 is 1.53 bits per heavy atom. The lowest BCUT2D eigenvalue weighted by Gasteiger charge is -2.18. The minimum Gasteiger partial charge on any atom is -0.370 e. The lowest BCUT2D eigenvalue weighted by Crippen LogP contribution is -2.10. The Morgan fingerprint density at radius 3 is 1.82 bits per heavy atom. The van der Waals surface area contributed by atoms with Gasteiger partial charge in [0.15, 0.2) is 0 Å². The third-order valence-corrected chi connectivity index (χ3v) is 4.88. The van der Waals surface area contributed by atoms with Gasteiger partial charge in [0.1, 0.15) is 0 Å². The summed E-state index contributed by atoms with van der Waals surface area (Å²) in [5, 5.41) is 8.81. The first-order chi connectivity index (χ1) is 6.22. The van der Waals surface area contributed by atoms with Gasteiger partial charge in [0.05, 0.1) is 6.61 Å². The van der Waals surface area contributed by atoms with Crippen molar-refractivity contribution in [3.05, 3.63) is 0 Å². The smallest absolute Gasteiger partial charge is 0.368 e. The molecule has 0 saturated heterocycles. The Bertz CT molecular complexity index is 270. The van der Waals surface area contributed by atoms with E-state index in [1.807, 2.05) is 6.92 Å². The SMILES string of the molecule is CCCCOP(=O)(O)C(O)P(=O)(O)O.N.N.N. The van der Waals surface area contributed by atoms with Gasteiger partial charge in [-0.2, -0.15) is 0 Å². The molecule has 10 nitrogen and oxygen atoms in total. The van der Waals surface area contributed by atoms with Gasteiger partial charge >= 0.3 is 15.2 Å². The molecule has 0 heterocycles. The van der Waals surface area contributed by atoms with E-state index >= 15 is 0 Å². The highest BCUT2D eigenvalue weighted by atomic mass is 31.2. The van der Waals surface area contributed by atoms with Crippen LogP contribution < -0.4 is 18.5 Å². The molecule has 0 aromatic rings. The van der Waals surface area contributed by atoms with Crippen LogP contribution in [0.3, 0.4) is 0 Å². The van der Waals surface area contributed by atoms with Gasteiger partial charge in [-0.25, -0.2) is 0 Å². The van der Waals surface area contributed by atoms with Gasteiger partial charge in [-0.3, -0.25) is 9.13 Å². The molecule has 0 aliphatic heterocycles. The Hall–Kier alpha value is 0.140. The lowest BCUT2D eigenvalue weighted by atomic mass is 10.4. The summed E-state index contributed by atoms with van der Waals surface area (Å²) in [6.07, 6.45) is 1.17. The number of aliphatic hydroxyl groups excluding tert-OH is 1. The topological polar surface area (TPSA) is 229 Å². The minimum atomic E-state index is -5.01. The second-order valence-electron chi connectivity index (χ2n) is 2.69. The van der Waals surface area contributed by atoms with Crippen molar-refractivity contribution in [1.29, 1.82) is 0 Å². The Labute approximate surface area is 99.8 Å². The second kappa shape index (κ2) is 10.1. The van der Waals surface area contributed by atoms with Crippen LogP contribution in [-0.4, -0.2) is 32.0 Å². The van der Waals surface area contributed by atoms with Crippen molar-refractivity contribution in [1.82, 2.24) is 18.5 Å². The van der Waals surface area contributed by atoms with E-state index in [1.54, 1.807) is 0 Å². The Kier molecular flexibility index (Phi) is 15.4. The van der Waals surface area contributed by atoms with Crippen molar-refractivity contribution in [2.45, 2.75) is 25.4 Å². The molecule has 110 valence electrons. The molecule has 0 spiro atoms. The third kappa shape index (κ3) is 9.81. The van der Waals surface area contributed by atoms with Gasteiger partial charge in [-0.15, -0.1) is 0 Å². The van der Waals surface area contributed by atoms with Crippen molar-refractivity contribution < 1.29 is 33.4 Å². The van der Waals surface area contributed by atoms with E-state index in [9.17, 15) is 9.13 Å². The van der Waals surface area contributed by atoms with Crippen molar-refractivity contribution in [3.8, 4) is 0 Å². The van der Waals surface area contributed by atoms with Crippen molar-refractivity contribution in [3.63, 3.8) is 0 Å². The largest absolute Gasteiger partial charge is 0.370 e. The van der Waals surface area contributed by atoms with Gasteiger partial charge in [0.2, 0.25) is 0 Å². The fraction of sp³-hybridized carbons (Fsp3) is 1.00. The van der Waals surface area contributed by atoms with E-state index < -0.39 is 20.8 Å². The van der Waals surface area contributed by atoms with Crippen molar-refractivity contribution in [2.75, 3.05) is 6.61 Å². The third-order valence-electron chi connectivity index (χ3n) is 1.37. The highest BCUT2D eigenvalue weighted by Crippen LogP contribution is 2.61. The van der Waals surface area contributed by atoms with Crippen LogP contribution in [0.5, 0.6) is 0 Å². The molecule has 0 rings (SSSR count). The van der Waals surface area contributed by atoms with Crippen LogP contribution in [0.25, 0.3) is 0 Å². The zero-order valence-electron chi connectivity index (χ0n) is 9.73. The molecule has 2 unspecified atom stereocenters. The molecule has 17 heavy (non-hydrogen) atoms. The van der Waals surface area contributed by atoms with Crippen LogP contribution in [0.4, 0.5) is 0 Å². The molecule has 0 aliphatic rings. The molecule has 12 heteroatoms. The number of unbranched alkanes of at least 4 members (excludes halogenated alkanes) is 1. The van der Waals surface area contributed by atoms with Crippen LogP contribution in [0.1, 0.15) is 19.8 Å². The first-order valence-corrected chi connectivity index (χ1v) is 7.25. The molecule has 0 bridgehead atoms. The molecule has 0 radical (unpaired) electrons.